The molecule has 1 aromatic rings. The summed E-state index contributed by atoms with van der Waals surface area (Å²) in [5.41, 5.74) is -1.23. The average Bonchev–Trinajstić information content (AvgIpc) is 2.25. The van der Waals surface area contributed by atoms with Crippen LogP contribution in [0.2, 0.25) is 0 Å². The van der Waals surface area contributed by atoms with E-state index in [0.717, 1.165) is 22.9 Å². The molecule has 3 nitrogen and oxygen atoms in total. The summed E-state index contributed by atoms with van der Waals surface area (Å²) in [4.78, 5) is 11.5. The van der Waals surface area contributed by atoms with Crippen LogP contribution in [0.3, 0.4) is 0 Å². The van der Waals surface area contributed by atoms with Crippen LogP contribution >= 0.6 is 0 Å². The summed E-state index contributed by atoms with van der Waals surface area (Å²) >= 11 is 0. The number of hydrogen-bond donors (Lipinski definition) is 1. The Morgan fingerprint density at radius 1 is 1.33 bits per heavy atom. The van der Waals surface area contributed by atoms with Crippen LogP contribution in [0.5, 0.6) is 0 Å². The number of likely N-dealkylation sites (N-methyl/N-ethyl adjacent to an activating group) is 1. The quantitative estimate of drug-likeness (QED) is 0.901. The highest BCUT2D eigenvalue weighted by Crippen LogP contribution is 2.28. The largest absolute Gasteiger partial charge is 0.417 e. The van der Waals surface area contributed by atoms with Crippen LogP contribution in [0.4, 0.5) is 13.2 Å². The van der Waals surface area contributed by atoms with E-state index in [1.807, 2.05) is 13.8 Å². The Kier molecular flexibility index (Phi) is 4.56. The molecule has 0 saturated carbocycles. The van der Waals surface area contributed by atoms with Crippen molar-refractivity contribution in [2.45, 2.75) is 32.6 Å². The molecule has 0 aromatic carbocycles. The summed E-state index contributed by atoms with van der Waals surface area (Å²) in [5.74, 6) is 0.219. The molecular formula is C12H17F3N2O. The summed E-state index contributed by atoms with van der Waals surface area (Å²) in [6.45, 7) is 4.11. The lowest BCUT2D eigenvalue weighted by atomic mass is 10.0. The first-order chi connectivity index (χ1) is 8.25. The fourth-order valence-electron chi connectivity index (χ4n) is 1.69. The summed E-state index contributed by atoms with van der Waals surface area (Å²) in [6, 6.07) is 1.71. The van der Waals surface area contributed by atoms with Crippen molar-refractivity contribution in [2.24, 2.45) is 5.92 Å². The third-order valence-electron chi connectivity index (χ3n) is 2.88. The normalized spacial score (nSPS) is 13.9. The number of halogens is 3. The van der Waals surface area contributed by atoms with Gasteiger partial charge in [0.05, 0.1) is 5.56 Å². The first-order valence-electron chi connectivity index (χ1n) is 5.70. The molecule has 1 unspecified atom stereocenters. The zero-order valence-corrected chi connectivity index (χ0v) is 10.6. The van der Waals surface area contributed by atoms with Crippen LogP contribution in [0.15, 0.2) is 23.1 Å². The lowest BCUT2D eigenvalue weighted by molar-refractivity contribution is -0.138. The average molecular weight is 262 g/mol. The fourth-order valence-corrected chi connectivity index (χ4v) is 1.69. The molecular weight excluding hydrogens is 245 g/mol. The van der Waals surface area contributed by atoms with Crippen LogP contribution in [-0.4, -0.2) is 17.7 Å². The molecule has 1 aromatic heterocycles. The zero-order chi connectivity index (χ0) is 13.9. The molecule has 0 radical (unpaired) electrons. The SMILES string of the molecule is CNC(Cn1cc(C(F)(F)F)ccc1=O)C(C)C. The van der Waals surface area contributed by atoms with Crippen LogP contribution in [0.1, 0.15) is 19.4 Å². The van der Waals surface area contributed by atoms with Crippen molar-refractivity contribution in [1.82, 2.24) is 9.88 Å². The van der Waals surface area contributed by atoms with E-state index in [2.05, 4.69) is 5.32 Å². The van der Waals surface area contributed by atoms with E-state index < -0.39 is 17.3 Å². The molecule has 0 amide bonds. The molecule has 0 bridgehead atoms. The molecule has 0 fully saturated rings. The van der Waals surface area contributed by atoms with Gasteiger partial charge in [-0.25, -0.2) is 0 Å². The molecule has 18 heavy (non-hydrogen) atoms. The van der Waals surface area contributed by atoms with Gasteiger partial charge in [0.15, 0.2) is 0 Å². The molecule has 0 aliphatic carbocycles. The molecule has 0 spiro atoms. The predicted octanol–water partition coefficient (Wildman–Crippen LogP) is 2.11. The van der Waals surface area contributed by atoms with Crippen molar-refractivity contribution >= 4 is 0 Å². The summed E-state index contributed by atoms with van der Waals surface area (Å²) in [6.07, 6.45) is -3.56. The van der Waals surface area contributed by atoms with Gasteiger partial charge in [0, 0.05) is 24.8 Å². The van der Waals surface area contributed by atoms with Gasteiger partial charge >= 0.3 is 6.18 Å². The predicted molar refractivity (Wildman–Crippen MR) is 63.4 cm³/mol. The van der Waals surface area contributed by atoms with E-state index in [-0.39, 0.29) is 18.5 Å². The van der Waals surface area contributed by atoms with E-state index in [1.165, 1.54) is 0 Å². The van der Waals surface area contributed by atoms with Crippen molar-refractivity contribution in [3.8, 4) is 0 Å². The molecule has 1 heterocycles. The van der Waals surface area contributed by atoms with Gasteiger partial charge in [0.25, 0.3) is 5.56 Å². The molecule has 1 atom stereocenters. The minimum Gasteiger partial charge on any atom is -0.315 e. The van der Waals surface area contributed by atoms with E-state index in [9.17, 15) is 18.0 Å². The first-order valence-corrected chi connectivity index (χ1v) is 5.70. The first kappa shape index (κ1) is 14.8. The minimum absolute atomic E-state index is 0.0498. The van der Waals surface area contributed by atoms with Crippen LogP contribution in [0.25, 0.3) is 0 Å². The van der Waals surface area contributed by atoms with Crippen molar-refractivity contribution in [1.29, 1.82) is 0 Å². The molecule has 1 rings (SSSR count). The smallest absolute Gasteiger partial charge is 0.315 e. The number of pyridine rings is 1. The maximum Gasteiger partial charge on any atom is 0.417 e. The van der Waals surface area contributed by atoms with Crippen LogP contribution < -0.4 is 10.9 Å². The van der Waals surface area contributed by atoms with E-state index in [1.54, 1.807) is 7.05 Å². The maximum absolute atomic E-state index is 12.5. The Balaban J connectivity index is 3.05. The number of nitrogens with zero attached hydrogens (tertiary/aromatic N) is 1. The van der Waals surface area contributed by atoms with Gasteiger partial charge in [0.2, 0.25) is 0 Å². The highest BCUT2D eigenvalue weighted by Gasteiger charge is 2.31. The Bertz CT molecular complexity index is 451. The Hall–Kier alpha value is -1.30. The molecule has 0 aliphatic rings. The monoisotopic (exact) mass is 262 g/mol. The van der Waals surface area contributed by atoms with Crippen molar-refractivity contribution in [2.75, 3.05) is 7.05 Å². The maximum atomic E-state index is 12.5. The fraction of sp³-hybridized carbons (Fsp3) is 0.583. The number of nitrogens with one attached hydrogen (secondary N) is 1. The van der Waals surface area contributed by atoms with Gasteiger partial charge in [-0.05, 0) is 19.0 Å². The van der Waals surface area contributed by atoms with Crippen LogP contribution in [0, 0.1) is 5.92 Å². The van der Waals surface area contributed by atoms with Crippen molar-refractivity contribution in [3.63, 3.8) is 0 Å². The third kappa shape index (κ3) is 3.60. The van der Waals surface area contributed by atoms with Gasteiger partial charge in [-0.3, -0.25) is 4.79 Å². The second-order valence-electron chi connectivity index (χ2n) is 4.55. The molecule has 6 heteroatoms. The van der Waals surface area contributed by atoms with E-state index >= 15 is 0 Å². The molecule has 0 aliphatic heterocycles. The molecule has 0 saturated heterocycles. The highest BCUT2D eigenvalue weighted by molar-refractivity contribution is 5.13. The standard InChI is InChI=1S/C12H17F3N2O/c1-8(2)10(16-3)7-17-6-9(12(13,14)15)4-5-11(17)18/h4-6,8,10,16H,7H2,1-3H3. The van der Waals surface area contributed by atoms with E-state index in [0.29, 0.717) is 0 Å². The van der Waals surface area contributed by atoms with Crippen LogP contribution in [-0.2, 0) is 12.7 Å². The number of aromatic nitrogens is 1. The Morgan fingerprint density at radius 3 is 2.39 bits per heavy atom. The van der Waals surface area contributed by atoms with Gasteiger partial charge in [-0.15, -0.1) is 0 Å². The second kappa shape index (κ2) is 5.56. The lowest BCUT2D eigenvalue weighted by Crippen LogP contribution is -2.38. The molecule has 1 N–H and O–H groups in total. The number of rotatable bonds is 4. The number of hydrogen-bond acceptors (Lipinski definition) is 2. The second-order valence-corrected chi connectivity index (χ2v) is 4.55. The highest BCUT2D eigenvalue weighted by atomic mass is 19.4. The van der Waals surface area contributed by atoms with Gasteiger partial charge < -0.3 is 9.88 Å². The molecule has 102 valence electrons. The van der Waals surface area contributed by atoms with Gasteiger partial charge in [0.1, 0.15) is 0 Å². The van der Waals surface area contributed by atoms with Gasteiger partial charge in [-0.1, -0.05) is 13.8 Å². The Morgan fingerprint density at radius 2 is 1.94 bits per heavy atom. The topological polar surface area (TPSA) is 34.0 Å². The number of alkyl halides is 3. The van der Waals surface area contributed by atoms with Crippen molar-refractivity contribution < 1.29 is 13.2 Å². The van der Waals surface area contributed by atoms with Crippen molar-refractivity contribution in [3.05, 3.63) is 34.2 Å². The van der Waals surface area contributed by atoms with E-state index in [4.69, 9.17) is 0 Å². The zero-order valence-electron chi connectivity index (χ0n) is 10.6. The summed E-state index contributed by atoms with van der Waals surface area (Å²) in [7, 11) is 1.73. The third-order valence-corrected chi connectivity index (χ3v) is 2.88. The Labute approximate surface area is 104 Å². The lowest BCUT2D eigenvalue weighted by Gasteiger charge is -2.21. The summed E-state index contributed by atoms with van der Waals surface area (Å²) < 4.78 is 38.7. The van der Waals surface area contributed by atoms with Gasteiger partial charge in [-0.2, -0.15) is 13.2 Å². The minimum atomic E-state index is -4.43. The summed E-state index contributed by atoms with van der Waals surface area (Å²) in [5, 5.41) is 2.99.